The summed E-state index contributed by atoms with van der Waals surface area (Å²) in [5.74, 6) is -1.42. The van der Waals surface area contributed by atoms with E-state index in [0.29, 0.717) is 12.2 Å². The Morgan fingerprint density at radius 1 is 1.27 bits per heavy atom. The van der Waals surface area contributed by atoms with Crippen molar-refractivity contribution < 1.29 is 14.3 Å². The highest BCUT2D eigenvalue weighted by atomic mass is 35.5. The van der Waals surface area contributed by atoms with Gasteiger partial charge in [0.2, 0.25) is 0 Å². The summed E-state index contributed by atoms with van der Waals surface area (Å²) >= 11 is 5.81. The molecule has 0 unspecified atom stereocenters. The Morgan fingerprint density at radius 2 is 2.03 bits per heavy atom. The van der Waals surface area contributed by atoms with E-state index < -0.39 is 11.8 Å². The van der Waals surface area contributed by atoms with Crippen molar-refractivity contribution in [1.82, 2.24) is 9.88 Å². The lowest BCUT2D eigenvalue weighted by molar-refractivity contribution is 0.0697. The molecule has 5 nitrogen and oxygen atoms in total. The molecular weight excluding hydrogens is 405 g/mol. The summed E-state index contributed by atoms with van der Waals surface area (Å²) in [5.41, 5.74) is 4.81. The summed E-state index contributed by atoms with van der Waals surface area (Å²) in [7, 11) is 2.05. The number of pyridine rings is 1. The Labute approximate surface area is 179 Å². The molecule has 154 valence electrons. The molecule has 4 rings (SSSR count). The zero-order valence-corrected chi connectivity index (χ0v) is 17.2. The third-order valence-electron chi connectivity index (χ3n) is 5.56. The molecule has 0 aliphatic carbocycles. The van der Waals surface area contributed by atoms with Gasteiger partial charge >= 0.3 is 5.97 Å². The zero-order valence-electron chi connectivity index (χ0n) is 16.4. The first-order valence-electron chi connectivity index (χ1n) is 9.63. The van der Waals surface area contributed by atoms with Crippen LogP contribution in [0.2, 0.25) is 5.02 Å². The van der Waals surface area contributed by atoms with Gasteiger partial charge in [0.1, 0.15) is 5.82 Å². The molecule has 1 aliphatic heterocycles. The maximum absolute atomic E-state index is 13.9. The Hall–Kier alpha value is -2.96. The van der Waals surface area contributed by atoms with Crippen molar-refractivity contribution in [2.45, 2.75) is 12.5 Å². The van der Waals surface area contributed by atoms with E-state index >= 15 is 0 Å². The second-order valence-electron chi connectivity index (χ2n) is 7.40. The molecule has 7 heteroatoms. The standard InChI is InChI=1S/C23H21ClFN3O2/c1-28-9-7-16-10-14(15-3-5-19(24)20(25)11-15)2-4-17(16)22(28)13-27-21-12-26-8-6-18(21)23(29)30/h2-6,8,10-12,22,27H,7,9,13H2,1H3,(H,29,30)/t22-/m0/s1. The second kappa shape index (κ2) is 8.42. The quantitative estimate of drug-likeness (QED) is 0.609. The molecule has 2 N–H and O–H groups in total. The number of carboxylic acid groups (broad SMARTS) is 1. The summed E-state index contributed by atoms with van der Waals surface area (Å²) < 4.78 is 13.9. The van der Waals surface area contributed by atoms with Gasteiger partial charge in [0.25, 0.3) is 0 Å². The number of rotatable bonds is 5. The van der Waals surface area contributed by atoms with Gasteiger partial charge in [-0.25, -0.2) is 9.18 Å². The third kappa shape index (κ3) is 4.01. The number of fused-ring (bicyclic) bond motifs is 1. The number of benzene rings is 2. The molecule has 0 saturated carbocycles. The third-order valence-corrected chi connectivity index (χ3v) is 5.86. The Morgan fingerprint density at radius 3 is 2.80 bits per heavy atom. The zero-order chi connectivity index (χ0) is 21.3. The maximum Gasteiger partial charge on any atom is 0.337 e. The molecular formula is C23H21ClFN3O2. The van der Waals surface area contributed by atoms with Crippen LogP contribution in [0.3, 0.4) is 0 Å². The maximum atomic E-state index is 13.9. The summed E-state index contributed by atoms with van der Waals surface area (Å²) in [4.78, 5) is 17.7. The van der Waals surface area contributed by atoms with Gasteiger partial charge in [-0.15, -0.1) is 0 Å². The van der Waals surface area contributed by atoms with E-state index in [1.807, 2.05) is 12.1 Å². The van der Waals surface area contributed by atoms with Crippen molar-refractivity contribution in [3.63, 3.8) is 0 Å². The highest BCUT2D eigenvalue weighted by Gasteiger charge is 2.25. The number of nitrogens with zero attached hydrogens (tertiary/aromatic N) is 2. The molecule has 2 aromatic carbocycles. The van der Waals surface area contributed by atoms with E-state index in [1.165, 1.54) is 35.7 Å². The van der Waals surface area contributed by atoms with Gasteiger partial charge in [-0.2, -0.15) is 0 Å². The van der Waals surface area contributed by atoms with E-state index in [0.717, 1.165) is 24.1 Å². The van der Waals surface area contributed by atoms with Gasteiger partial charge in [-0.1, -0.05) is 35.9 Å². The molecule has 1 aromatic heterocycles. The van der Waals surface area contributed by atoms with Crippen LogP contribution in [0.4, 0.5) is 10.1 Å². The number of aromatic carboxylic acids is 1. The number of halogens is 2. The molecule has 2 heterocycles. The van der Waals surface area contributed by atoms with Crippen molar-refractivity contribution in [3.05, 3.63) is 82.4 Å². The predicted octanol–water partition coefficient (Wildman–Crippen LogP) is 4.88. The van der Waals surface area contributed by atoms with E-state index in [1.54, 1.807) is 6.07 Å². The molecule has 0 spiro atoms. The molecule has 0 fully saturated rings. The largest absolute Gasteiger partial charge is 0.478 e. The first-order chi connectivity index (χ1) is 14.4. The minimum Gasteiger partial charge on any atom is -0.478 e. The lowest BCUT2D eigenvalue weighted by Crippen LogP contribution is -2.36. The molecule has 1 aliphatic rings. The Balaban J connectivity index is 1.60. The molecule has 0 amide bonds. The monoisotopic (exact) mass is 425 g/mol. The Kier molecular flexibility index (Phi) is 5.70. The van der Waals surface area contributed by atoms with Gasteiger partial charge in [0, 0.05) is 19.3 Å². The van der Waals surface area contributed by atoms with Crippen molar-refractivity contribution in [2.75, 3.05) is 25.5 Å². The van der Waals surface area contributed by atoms with Crippen molar-refractivity contribution in [2.24, 2.45) is 0 Å². The molecule has 0 bridgehead atoms. The smallest absolute Gasteiger partial charge is 0.337 e. The fourth-order valence-corrected chi connectivity index (χ4v) is 4.00. The number of hydrogen-bond acceptors (Lipinski definition) is 4. The predicted molar refractivity (Wildman–Crippen MR) is 116 cm³/mol. The van der Waals surface area contributed by atoms with Gasteiger partial charge in [-0.3, -0.25) is 9.88 Å². The summed E-state index contributed by atoms with van der Waals surface area (Å²) in [6, 6.07) is 12.6. The van der Waals surface area contributed by atoms with Gasteiger partial charge in [-0.05, 0) is 53.9 Å². The van der Waals surface area contributed by atoms with Crippen LogP contribution in [0, 0.1) is 5.82 Å². The van der Waals surface area contributed by atoms with Gasteiger partial charge < -0.3 is 10.4 Å². The Bertz CT molecular complexity index is 1110. The number of hydrogen-bond donors (Lipinski definition) is 2. The average Bonchev–Trinajstić information content (AvgIpc) is 2.75. The molecule has 1 atom stereocenters. The van der Waals surface area contributed by atoms with Crippen LogP contribution in [-0.2, 0) is 6.42 Å². The van der Waals surface area contributed by atoms with Crippen LogP contribution in [-0.4, -0.2) is 41.1 Å². The van der Waals surface area contributed by atoms with E-state index in [4.69, 9.17) is 11.6 Å². The fraction of sp³-hybridized carbons (Fsp3) is 0.217. The number of likely N-dealkylation sites (N-methyl/N-ethyl adjacent to an activating group) is 1. The SMILES string of the molecule is CN1CCc2cc(-c3ccc(Cl)c(F)c3)ccc2[C@@H]1CNc1cnccc1C(=O)O. The first kappa shape index (κ1) is 20.3. The van der Waals surface area contributed by atoms with Crippen molar-refractivity contribution in [3.8, 4) is 11.1 Å². The molecule has 3 aromatic rings. The summed E-state index contributed by atoms with van der Waals surface area (Å²) in [5, 5.41) is 12.7. The summed E-state index contributed by atoms with van der Waals surface area (Å²) in [6.45, 7) is 1.42. The van der Waals surface area contributed by atoms with Crippen LogP contribution >= 0.6 is 11.6 Å². The van der Waals surface area contributed by atoms with Crippen LogP contribution in [0.1, 0.15) is 27.5 Å². The highest BCUT2D eigenvalue weighted by Crippen LogP contribution is 2.33. The molecule has 0 saturated heterocycles. The number of nitrogens with one attached hydrogen (secondary N) is 1. The average molecular weight is 426 g/mol. The van der Waals surface area contributed by atoms with Crippen LogP contribution < -0.4 is 5.32 Å². The van der Waals surface area contributed by atoms with E-state index in [2.05, 4.69) is 34.4 Å². The summed E-state index contributed by atoms with van der Waals surface area (Å²) in [6.07, 6.45) is 3.89. The lowest BCUT2D eigenvalue weighted by Gasteiger charge is -2.35. The number of aromatic nitrogens is 1. The number of anilines is 1. The lowest BCUT2D eigenvalue weighted by atomic mass is 9.89. The number of carboxylic acids is 1. The van der Waals surface area contributed by atoms with Crippen LogP contribution in [0.15, 0.2) is 54.9 Å². The number of carbonyl (C=O) groups is 1. The van der Waals surface area contributed by atoms with Crippen molar-refractivity contribution in [1.29, 1.82) is 0 Å². The van der Waals surface area contributed by atoms with E-state index in [9.17, 15) is 14.3 Å². The molecule has 30 heavy (non-hydrogen) atoms. The van der Waals surface area contributed by atoms with Crippen molar-refractivity contribution >= 4 is 23.3 Å². The first-order valence-corrected chi connectivity index (χ1v) is 10.0. The fourth-order valence-electron chi connectivity index (χ4n) is 3.89. The molecule has 0 radical (unpaired) electrons. The van der Waals surface area contributed by atoms with Gasteiger partial charge in [0.05, 0.1) is 28.5 Å². The van der Waals surface area contributed by atoms with Crippen LogP contribution in [0.25, 0.3) is 11.1 Å². The van der Waals surface area contributed by atoms with Crippen LogP contribution in [0.5, 0.6) is 0 Å². The minimum absolute atomic E-state index is 0.0756. The topological polar surface area (TPSA) is 65.5 Å². The second-order valence-corrected chi connectivity index (χ2v) is 7.80. The highest BCUT2D eigenvalue weighted by molar-refractivity contribution is 6.30. The van der Waals surface area contributed by atoms with Gasteiger partial charge in [0.15, 0.2) is 0 Å². The van der Waals surface area contributed by atoms with E-state index in [-0.39, 0.29) is 16.6 Å². The normalized spacial score (nSPS) is 16.2. The minimum atomic E-state index is -0.989.